The first-order valence-corrected chi connectivity index (χ1v) is 18.2. The molecule has 0 radical (unpaired) electrons. The Morgan fingerprint density at radius 1 is 1.21 bits per heavy atom. The number of rotatable bonds is 10. The van der Waals surface area contributed by atoms with Crippen molar-refractivity contribution in [2.45, 2.75) is 70.1 Å². The molecule has 2 aliphatic rings. The molecule has 1 atom stereocenters. The number of aliphatic hydroxyl groups is 1. The third kappa shape index (κ3) is 7.22. The number of carbonyl (C=O) groups is 1. The zero-order valence-corrected chi connectivity index (χ0v) is 29.5. The number of ether oxygens (including phenoxy) is 1. The molecule has 2 fully saturated rings. The number of halogens is 1. The third-order valence-corrected chi connectivity index (χ3v) is 11.7. The molecule has 0 unspecified atom stereocenters. The molecule has 1 amide bonds. The molecule has 4 aromatic rings. The van der Waals surface area contributed by atoms with Crippen molar-refractivity contribution in [1.29, 1.82) is 0 Å². The van der Waals surface area contributed by atoms with Gasteiger partial charge in [-0.25, -0.2) is 9.37 Å². The van der Waals surface area contributed by atoms with Gasteiger partial charge in [-0.2, -0.15) is 0 Å². The lowest BCUT2D eigenvalue weighted by Gasteiger charge is -2.47. The molecular weight excluding hydrogens is 654 g/mol. The van der Waals surface area contributed by atoms with Gasteiger partial charge in [0.1, 0.15) is 22.8 Å². The second kappa shape index (κ2) is 14.0. The highest BCUT2D eigenvalue weighted by Crippen LogP contribution is 2.34. The van der Waals surface area contributed by atoms with Crippen LogP contribution in [-0.4, -0.2) is 87.4 Å². The first-order valence-electron chi connectivity index (χ1n) is 16.5. The van der Waals surface area contributed by atoms with Gasteiger partial charge in [0.25, 0.3) is 5.91 Å². The molecule has 0 saturated carbocycles. The van der Waals surface area contributed by atoms with Crippen LogP contribution in [0.5, 0.6) is 5.75 Å². The summed E-state index contributed by atoms with van der Waals surface area (Å²) in [7, 11) is 0. The van der Waals surface area contributed by atoms with Gasteiger partial charge in [-0.3, -0.25) is 14.5 Å². The number of phenolic OH excluding ortho intramolecular Hbond substituents is 1. The van der Waals surface area contributed by atoms with Gasteiger partial charge in [0.05, 0.1) is 34.6 Å². The van der Waals surface area contributed by atoms with E-state index in [0.29, 0.717) is 65.4 Å². The van der Waals surface area contributed by atoms with E-state index in [1.54, 1.807) is 6.07 Å². The topological polar surface area (TPSA) is 131 Å². The molecule has 48 heavy (non-hydrogen) atoms. The van der Waals surface area contributed by atoms with E-state index in [1.165, 1.54) is 17.4 Å². The predicted octanol–water partition coefficient (Wildman–Crippen LogP) is 5.12. The smallest absolute Gasteiger partial charge is 0.305 e. The number of hydrogen-bond donors (Lipinski definition) is 4. The number of nitrogens with zero attached hydrogens (tertiary/aromatic N) is 3. The fourth-order valence-electron chi connectivity index (χ4n) is 6.75. The second-order valence-electron chi connectivity index (χ2n) is 14.0. The Morgan fingerprint density at radius 3 is 2.71 bits per heavy atom. The van der Waals surface area contributed by atoms with E-state index in [1.807, 2.05) is 42.3 Å². The van der Waals surface area contributed by atoms with Crippen molar-refractivity contribution in [3.05, 3.63) is 78.6 Å². The lowest BCUT2D eigenvalue weighted by atomic mass is 9.83. The second-order valence-corrected chi connectivity index (χ2v) is 15.8. The number of carbonyl (C=O) groups excluding carboxylic acids is 1. The number of aromatic nitrogens is 2. The van der Waals surface area contributed by atoms with E-state index in [0.717, 1.165) is 42.3 Å². The maximum absolute atomic E-state index is 16.1. The van der Waals surface area contributed by atoms with Crippen molar-refractivity contribution in [2.24, 2.45) is 0 Å². The molecule has 0 bridgehead atoms. The minimum atomic E-state index is -0.919. The number of thiazole rings is 2. The molecular formula is C35H44FN5O5S2. The van der Waals surface area contributed by atoms with Crippen LogP contribution in [-0.2, 0) is 16.7 Å². The molecule has 6 rings (SSSR count). The van der Waals surface area contributed by atoms with E-state index in [9.17, 15) is 19.8 Å². The minimum Gasteiger partial charge on any atom is -0.506 e. The van der Waals surface area contributed by atoms with Gasteiger partial charge in [0, 0.05) is 67.1 Å². The number of likely N-dealkylation sites (tertiary alicyclic amines) is 1. The fraction of sp³-hybridized carbons (Fsp3) is 0.514. The maximum Gasteiger partial charge on any atom is 0.305 e. The molecule has 0 aliphatic carbocycles. The van der Waals surface area contributed by atoms with Crippen molar-refractivity contribution < 1.29 is 24.1 Å². The van der Waals surface area contributed by atoms with Gasteiger partial charge in [0.2, 0.25) is 0 Å². The Hall–Kier alpha value is -3.20. The van der Waals surface area contributed by atoms with Crippen LogP contribution in [0.4, 0.5) is 4.39 Å². The van der Waals surface area contributed by atoms with E-state index >= 15 is 4.39 Å². The summed E-state index contributed by atoms with van der Waals surface area (Å²) < 4.78 is 22.9. The summed E-state index contributed by atoms with van der Waals surface area (Å²) in [6.07, 6.45) is 0.603. The monoisotopic (exact) mass is 697 g/mol. The van der Waals surface area contributed by atoms with Crippen LogP contribution in [0.15, 0.2) is 40.5 Å². The highest BCUT2D eigenvalue weighted by atomic mass is 32.1. The summed E-state index contributed by atoms with van der Waals surface area (Å²) in [4.78, 5) is 36.1. The van der Waals surface area contributed by atoms with E-state index in [2.05, 4.69) is 34.0 Å². The van der Waals surface area contributed by atoms with Gasteiger partial charge in [-0.15, -0.1) is 11.3 Å². The minimum absolute atomic E-state index is 0.0367. The fourth-order valence-corrected chi connectivity index (χ4v) is 8.47. The maximum atomic E-state index is 16.1. The number of nitrogens with one attached hydrogen (secondary N) is 2. The number of H-pyrrole nitrogens is 1. The number of aliphatic hydroxyl groups excluding tert-OH is 1. The quantitative estimate of drug-likeness (QED) is 0.180. The predicted molar refractivity (Wildman–Crippen MR) is 187 cm³/mol. The molecule has 1 spiro atoms. The lowest BCUT2D eigenvalue weighted by molar-refractivity contribution is -0.128. The number of aromatic amines is 1. The lowest BCUT2D eigenvalue weighted by Crippen LogP contribution is -2.58. The van der Waals surface area contributed by atoms with Gasteiger partial charge in [-0.1, -0.05) is 63.3 Å². The van der Waals surface area contributed by atoms with Crippen LogP contribution in [0.3, 0.4) is 0 Å². The summed E-state index contributed by atoms with van der Waals surface area (Å²) in [6.45, 7) is 12.2. The number of hydrogen-bond acceptors (Lipinski definition) is 10. The van der Waals surface area contributed by atoms with Crippen LogP contribution in [0.25, 0.3) is 10.2 Å². The Bertz CT molecular complexity index is 1830. The number of piperidine rings is 1. The van der Waals surface area contributed by atoms with Crippen molar-refractivity contribution in [3.8, 4) is 5.75 Å². The van der Waals surface area contributed by atoms with Crippen LogP contribution in [0, 0.1) is 5.82 Å². The Morgan fingerprint density at radius 2 is 1.98 bits per heavy atom. The Labute approximate surface area is 287 Å². The normalized spacial score (nSPS) is 17.9. The van der Waals surface area contributed by atoms with Crippen LogP contribution < -0.4 is 10.2 Å². The highest BCUT2D eigenvalue weighted by Gasteiger charge is 2.41. The number of aromatic hydroxyl groups is 1. The summed E-state index contributed by atoms with van der Waals surface area (Å²) >= 11 is 2.48. The molecule has 13 heteroatoms. The molecule has 2 aromatic carbocycles. The number of morpholine rings is 1. The zero-order valence-electron chi connectivity index (χ0n) is 27.8. The van der Waals surface area contributed by atoms with E-state index in [-0.39, 0.29) is 34.8 Å². The van der Waals surface area contributed by atoms with E-state index in [4.69, 9.17) is 4.74 Å². The van der Waals surface area contributed by atoms with Crippen LogP contribution >= 0.6 is 22.7 Å². The number of amides is 1. The number of fused-ring (bicyclic) bond motifs is 1. The first kappa shape index (κ1) is 34.7. The SMILES string of the molecule is CC(C)c1nc(C(=O)N2CCOC3(CCN(Cc4cccc(C(C)(C)CNC[C@H](O)c5ccc(O)c6[nH]c(=O)sc56)c4F)CC3)C2)cs1. The molecule has 2 aliphatic heterocycles. The Kier molecular flexibility index (Phi) is 10.1. The van der Waals surface area contributed by atoms with Gasteiger partial charge < -0.3 is 30.2 Å². The summed E-state index contributed by atoms with van der Waals surface area (Å²) in [6, 6.07) is 8.63. The van der Waals surface area contributed by atoms with Crippen LogP contribution in [0.1, 0.15) is 84.7 Å². The summed E-state index contributed by atoms with van der Waals surface area (Å²) in [5.74, 6) is -0.0157. The number of phenols is 1. The molecule has 4 heterocycles. The third-order valence-electron chi connectivity index (χ3n) is 9.59. The van der Waals surface area contributed by atoms with Crippen molar-refractivity contribution in [2.75, 3.05) is 45.9 Å². The van der Waals surface area contributed by atoms with Crippen molar-refractivity contribution in [3.63, 3.8) is 0 Å². The largest absolute Gasteiger partial charge is 0.506 e. The highest BCUT2D eigenvalue weighted by molar-refractivity contribution is 7.16. The van der Waals surface area contributed by atoms with Crippen molar-refractivity contribution >= 4 is 38.8 Å². The molecule has 2 saturated heterocycles. The van der Waals surface area contributed by atoms with Crippen LogP contribution in [0.2, 0.25) is 0 Å². The van der Waals surface area contributed by atoms with E-state index < -0.39 is 17.1 Å². The summed E-state index contributed by atoms with van der Waals surface area (Å²) in [5, 5.41) is 27.1. The van der Waals surface area contributed by atoms with Gasteiger partial charge in [-0.05, 0) is 24.5 Å². The first-order chi connectivity index (χ1) is 22.9. The molecule has 2 aromatic heterocycles. The molecule has 258 valence electrons. The van der Waals surface area contributed by atoms with Gasteiger partial charge in [0.15, 0.2) is 0 Å². The summed E-state index contributed by atoms with van der Waals surface area (Å²) in [5.41, 5.74) is 1.64. The standard InChI is InChI=1S/C35H44FN5O5S2/c1-21(2)31-38-25(18-47-31)32(44)41-14-15-46-35(20-41)10-12-40(13-11-35)17-22-6-5-7-24(28(22)36)34(3,4)19-37-16-27(43)23-8-9-26(42)29-30(23)48-33(45)39-29/h5-9,18,21,27,37,42-43H,10-17,19-20H2,1-4H3,(H,39,45)/t27-/m0/s1. The average molecular weight is 698 g/mol. The van der Waals surface area contributed by atoms with Gasteiger partial charge >= 0.3 is 4.87 Å². The zero-order chi connectivity index (χ0) is 34.2. The average Bonchev–Trinajstić information content (AvgIpc) is 3.71. The Balaban J connectivity index is 1.04. The molecule has 4 N–H and O–H groups in total. The molecule has 10 nitrogen and oxygen atoms in total. The van der Waals surface area contributed by atoms with Crippen molar-refractivity contribution in [1.82, 2.24) is 25.1 Å². The number of benzene rings is 2.